The monoisotopic (exact) mass is 248 g/mol. The molecular weight excluding hydrogens is 228 g/mol. The summed E-state index contributed by atoms with van der Waals surface area (Å²) in [6.45, 7) is 5.08. The van der Waals surface area contributed by atoms with Gasteiger partial charge in [0, 0.05) is 19.5 Å². The minimum atomic E-state index is -0.273. The van der Waals surface area contributed by atoms with Crippen LogP contribution in [0, 0.1) is 11.8 Å². The van der Waals surface area contributed by atoms with Crippen LogP contribution in [0.25, 0.3) is 0 Å². The van der Waals surface area contributed by atoms with Gasteiger partial charge in [0.05, 0.1) is 0 Å². The van der Waals surface area contributed by atoms with Gasteiger partial charge >= 0.3 is 0 Å². The molecule has 0 bridgehead atoms. The zero-order chi connectivity index (χ0) is 13.1. The first-order valence-corrected chi connectivity index (χ1v) is 6.71. The Morgan fingerprint density at radius 1 is 1.33 bits per heavy atom. The first-order chi connectivity index (χ1) is 8.70. The third kappa shape index (κ3) is 2.10. The topological polar surface area (TPSA) is 40.6 Å². The van der Waals surface area contributed by atoms with Crippen molar-refractivity contribution in [3.8, 4) is 11.8 Å². The van der Waals surface area contributed by atoms with Crippen molar-refractivity contribution in [3.63, 3.8) is 0 Å². The maximum Gasteiger partial charge on any atom is 0.246 e. The fraction of sp³-hybridized carbons (Fsp3) is 0.714. The van der Waals surface area contributed by atoms with Crippen LogP contribution in [0.5, 0.6) is 0 Å². The molecule has 2 atom stereocenters. The van der Waals surface area contributed by atoms with Crippen LogP contribution in [0.15, 0.2) is 0 Å². The number of nitrogens with zero attached hydrogens (tertiary/aromatic N) is 2. The highest BCUT2D eigenvalue weighted by Crippen LogP contribution is 2.28. The van der Waals surface area contributed by atoms with E-state index in [-0.39, 0.29) is 23.9 Å². The highest BCUT2D eigenvalue weighted by atomic mass is 16.2. The van der Waals surface area contributed by atoms with Gasteiger partial charge in [-0.05, 0) is 26.2 Å². The standard InChI is InChI=1S/C14H20N2O2/c1-3-5-6-9-15-11(4-2)13(17)16-10-7-8-12(16)14(15)18/h11-12H,4,6-10H2,1-2H3. The summed E-state index contributed by atoms with van der Waals surface area (Å²) in [6, 6.07) is -0.472. The highest BCUT2D eigenvalue weighted by Gasteiger charge is 2.46. The van der Waals surface area contributed by atoms with Crippen molar-refractivity contribution in [2.45, 2.75) is 51.6 Å². The molecule has 2 aliphatic rings. The maximum atomic E-state index is 12.4. The molecule has 2 rings (SSSR count). The van der Waals surface area contributed by atoms with Crippen LogP contribution >= 0.6 is 0 Å². The van der Waals surface area contributed by atoms with Gasteiger partial charge in [0.25, 0.3) is 0 Å². The fourth-order valence-corrected chi connectivity index (χ4v) is 2.92. The minimum Gasteiger partial charge on any atom is -0.329 e. The molecule has 2 saturated heterocycles. The van der Waals surface area contributed by atoms with E-state index in [1.165, 1.54) is 0 Å². The number of hydrogen-bond donors (Lipinski definition) is 0. The Bertz CT molecular complexity index is 408. The lowest BCUT2D eigenvalue weighted by Crippen LogP contribution is -2.62. The third-order valence-corrected chi connectivity index (χ3v) is 3.81. The van der Waals surface area contributed by atoms with E-state index in [4.69, 9.17) is 0 Å². The highest BCUT2D eigenvalue weighted by molar-refractivity contribution is 5.97. The van der Waals surface area contributed by atoms with E-state index in [1.54, 1.807) is 16.7 Å². The minimum absolute atomic E-state index is 0.122. The summed E-state index contributed by atoms with van der Waals surface area (Å²) in [5, 5.41) is 0. The molecule has 0 saturated carbocycles. The lowest BCUT2D eigenvalue weighted by molar-refractivity contribution is -0.159. The van der Waals surface area contributed by atoms with Crippen LogP contribution < -0.4 is 0 Å². The zero-order valence-corrected chi connectivity index (χ0v) is 11.1. The summed E-state index contributed by atoms with van der Waals surface area (Å²) in [5.74, 6) is 6.05. The molecule has 4 nitrogen and oxygen atoms in total. The number of carbonyl (C=O) groups is 2. The average Bonchev–Trinajstić information content (AvgIpc) is 2.85. The summed E-state index contributed by atoms with van der Waals surface area (Å²) >= 11 is 0. The number of rotatable bonds is 3. The van der Waals surface area contributed by atoms with Gasteiger partial charge in [-0.1, -0.05) is 6.92 Å². The normalized spacial score (nSPS) is 27.0. The quantitative estimate of drug-likeness (QED) is 0.699. The molecule has 2 amide bonds. The van der Waals surface area contributed by atoms with Gasteiger partial charge in [-0.2, -0.15) is 0 Å². The van der Waals surface area contributed by atoms with Crippen molar-refractivity contribution in [2.24, 2.45) is 0 Å². The van der Waals surface area contributed by atoms with E-state index in [9.17, 15) is 9.59 Å². The molecule has 4 heteroatoms. The second-order valence-electron chi connectivity index (χ2n) is 4.82. The van der Waals surface area contributed by atoms with Crippen LogP contribution in [0.2, 0.25) is 0 Å². The Morgan fingerprint density at radius 2 is 2.11 bits per heavy atom. The molecular formula is C14H20N2O2. The Labute approximate surface area is 108 Å². The average molecular weight is 248 g/mol. The second-order valence-corrected chi connectivity index (χ2v) is 4.82. The summed E-state index contributed by atoms with van der Waals surface area (Å²) < 4.78 is 0. The fourth-order valence-electron chi connectivity index (χ4n) is 2.92. The van der Waals surface area contributed by atoms with Gasteiger partial charge in [0.2, 0.25) is 11.8 Å². The van der Waals surface area contributed by atoms with Gasteiger partial charge < -0.3 is 9.80 Å². The van der Waals surface area contributed by atoms with E-state index in [0.717, 1.165) is 19.4 Å². The molecule has 2 unspecified atom stereocenters. The molecule has 0 radical (unpaired) electrons. The molecule has 0 aromatic carbocycles. The predicted molar refractivity (Wildman–Crippen MR) is 68.6 cm³/mol. The number of piperazine rings is 1. The van der Waals surface area contributed by atoms with Gasteiger partial charge in [-0.15, -0.1) is 11.8 Å². The van der Waals surface area contributed by atoms with Gasteiger partial charge in [-0.25, -0.2) is 0 Å². The lowest BCUT2D eigenvalue weighted by Gasteiger charge is -2.41. The molecule has 0 aromatic rings. The molecule has 2 aliphatic heterocycles. The van der Waals surface area contributed by atoms with Crippen molar-refractivity contribution in [3.05, 3.63) is 0 Å². The lowest BCUT2D eigenvalue weighted by atomic mass is 10.0. The maximum absolute atomic E-state index is 12.4. The van der Waals surface area contributed by atoms with Crippen LogP contribution in [0.1, 0.15) is 39.5 Å². The van der Waals surface area contributed by atoms with Crippen molar-refractivity contribution < 1.29 is 9.59 Å². The molecule has 98 valence electrons. The van der Waals surface area contributed by atoms with Crippen LogP contribution in [0.3, 0.4) is 0 Å². The number of hydrogen-bond acceptors (Lipinski definition) is 2. The Kier molecular flexibility index (Phi) is 3.90. The van der Waals surface area contributed by atoms with Gasteiger partial charge in [0.15, 0.2) is 0 Å². The molecule has 2 fully saturated rings. The van der Waals surface area contributed by atoms with E-state index in [1.807, 2.05) is 6.92 Å². The van der Waals surface area contributed by atoms with Crippen molar-refractivity contribution in [1.82, 2.24) is 9.80 Å². The third-order valence-electron chi connectivity index (χ3n) is 3.81. The SMILES string of the molecule is CC#CCCN1C(=O)C2CCCN2C(=O)C1CC. The molecule has 18 heavy (non-hydrogen) atoms. The summed E-state index contributed by atoms with van der Waals surface area (Å²) in [7, 11) is 0. The Balaban J connectivity index is 2.16. The van der Waals surface area contributed by atoms with Crippen molar-refractivity contribution in [1.29, 1.82) is 0 Å². The molecule has 0 aliphatic carbocycles. The van der Waals surface area contributed by atoms with Gasteiger partial charge in [-0.3, -0.25) is 9.59 Å². The summed E-state index contributed by atoms with van der Waals surface area (Å²) in [4.78, 5) is 28.2. The second kappa shape index (κ2) is 5.43. The predicted octanol–water partition coefficient (Wildman–Crippen LogP) is 1.01. The molecule has 2 heterocycles. The first-order valence-electron chi connectivity index (χ1n) is 6.71. The smallest absolute Gasteiger partial charge is 0.246 e. The van der Waals surface area contributed by atoms with Crippen molar-refractivity contribution >= 4 is 11.8 Å². The number of amides is 2. The number of fused-ring (bicyclic) bond motifs is 1. The zero-order valence-electron chi connectivity index (χ0n) is 11.1. The molecule has 0 N–H and O–H groups in total. The number of carbonyl (C=O) groups excluding carboxylic acids is 2. The Hall–Kier alpha value is -1.50. The van der Waals surface area contributed by atoms with E-state index in [0.29, 0.717) is 19.4 Å². The van der Waals surface area contributed by atoms with Crippen LogP contribution in [0.4, 0.5) is 0 Å². The van der Waals surface area contributed by atoms with E-state index in [2.05, 4.69) is 11.8 Å². The Morgan fingerprint density at radius 3 is 2.78 bits per heavy atom. The van der Waals surface area contributed by atoms with E-state index >= 15 is 0 Å². The molecule has 0 spiro atoms. The van der Waals surface area contributed by atoms with Crippen molar-refractivity contribution in [2.75, 3.05) is 13.1 Å². The summed E-state index contributed by atoms with van der Waals surface area (Å²) in [5.41, 5.74) is 0. The molecule has 0 aromatic heterocycles. The first kappa shape index (κ1) is 12.9. The van der Waals surface area contributed by atoms with E-state index < -0.39 is 0 Å². The van der Waals surface area contributed by atoms with Gasteiger partial charge in [0.1, 0.15) is 12.1 Å². The van der Waals surface area contributed by atoms with Crippen LogP contribution in [-0.2, 0) is 9.59 Å². The van der Waals surface area contributed by atoms with Crippen LogP contribution in [-0.4, -0.2) is 46.8 Å². The largest absolute Gasteiger partial charge is 0.329 e. The summed E-state index contributed by atoms with van der Waals surface area (Å²) in [6.07, 6.45) is 3.10.